The molecule has 3 aromatic rings. The van der Waals surface area contributed by atoms with Crippen LogP contribution in [0, 0.1) is 13.8 Å². The summed E-state index contributed by atoms with van der Waals surface area (Å²) in [7, 11) is 0. The molecule has 1 radical (unpaired) electrons. The van der Waals surface area contributed by atoms with E-state index >= 15 is 0 Å². The monoisotopic (exact) mass is 256 g/mol. The summed E-state index contributed by atoms with van der Waals surface area (Å²) in [6.07, 6.45) is 1.75. The van der Waals surface area contributed by atoms with Gasteiger partial charge in [-0.05, 0) is 48.2 Å². The van der Waals surface area contributed by atoms with E-state index in [4.69, 9.17) is 0 Å². The fourth-order valence-corrected chi connectivity index (χ4v) is 2.62. The van der Waals surface area contributed by atoms with E-state index in [0.717, 1.165) is 10.9 Å². The summed E-state index contributed by atoms with van der Waals surface area (Å²) in [5.74, 6) is 0.227. The number of rotatable bonds is 1. The van der Waals surface area contributed by atoms with Crippen LogP contribution in [0.4, 0.5) is 0 Å². The summed E-state index contributed by atoms with van der Waals surface area (Å²) >= 11 is 0. The molecule has 95 valence electrons. The molecule has 0 saturated carbocycles. The molecule has 0 bridgehead atoms. The van der Waals surface area contributed by atoms with Gasteiger partial charge in [-0.3, -0.25) is 4.98 Å². The molecular weight excluding hydrogens is 241 g/mol. The first-order chi connectivity index (χ1) is 9.18. The summed E-state index contributed by atoms with van der Waals surface area (Å²) in [6, 6.07) is 13.8. The van der Waals surface area contributed by atoms with Crippen LogP contribution >= 0.6 is 0 Å². The van der Waals surface area contributed by atoms with Crippen LogP contribution < -0.4 is 0 Å². The number of phenolic OH excluding ortho intramolecular Hbond substituents is 1. The van der Waals surface area contributed by atoms with Gasteiger partial charge in [0.1, 0.15) is 11.3 Å². The van der Waals surface area contributed by atoms with Crippen molar-refractivity contribution in [2.75, 3.05) is 0 Å². The van der Waals surface area contributed by atoms with Gasteiger partial charge in [-0.25, -0.2) is 0 Å². The zero-order chi connectivity index (χ0) is 13.4. The van der Waals surface area contributed by atoms with Crippen LogP contribution in [0.3, 0.4) is 0 Å². The number of phenols is 1. The Labute approximate surface area is 130 Å². The molecule has 0 aliphatic carbocycles. The maximum absolute atomic E-state index is 9.92. The Balaban J connectivity index is 0.00000147. The Hall–Kier alpha value is -1.75. The average Bonchev–Trinajstić information content (AvgIpc) is 2.39. The maximum Gasteiger partial charge on any atom is 0.141 e. The van der Waals surface area contributed by atoms with Crippen LogP contribution in [0.25, 0.3) is 22.0 Å². The van der Waals surface area contributed by atoms with Crippen molar-refractivity contribution in [1.29, 1.82) is 0 Å². The molecule has 0 unspecified atom stereocenters. The summed E-state index contributed by atoms with van der Waals surface area (Å²) in [4.78, 5) is 4.28. The normalized spacial score (nSPS) is 10.3. The second-order valence-corrected chi connectivity index (χ2v) is 4.80. The molecule has 2 nitrogen and oxygen atoms in total. The van der Waals surface area contributed by atoms with Crippen molar-refractivity contribution in [3.8, 4) is 16.9 Å². The first kappa shape index (κ1) is 14.7. The fourth-order valence-electron chi connectivity index (χ4n) is 2.62. The second-order valence-electron chi connectivity index (χ2n) is 4.80. The molecule has 0 aliphatic heterocycles. The predicted octanol–water partition coefficient (Wildman–Crippen LogP) is 3.84. The zero-order valence-corrected chi connectivity index (χ0v) is 12.0. The third-order valence-corrected chi connectivity index (χ3v) is 3.50. The van der Waals surface area contributed by atoms with Gasteiger partial charge in [0.05, 0.1) is 0 Å². The third-order valence-electron chi connectivity index (χ3n) is 3.50. The number of hydrogen-bond acceptors (Lipinski definition) is 2. The molecule has 1 N–H and O–H groups in total. The number of pyridine rings is 1. The Morgan fingerprint density at radius 1 is 0.900 bits per heavy atom. The fraction of sp³-hybridized carbons (Fsp3) is 0.118. The van der Waals surface area contributed by atoms with Crippen LogP contribution in [-0.4, -0.2) is 29.0 Å². The standard InChI is InChI=1S/C17H15NO.Li/c1-11-5-3-6-12(2)16(11)13-9-10-18-17-14(13)7-4-8-15(17)19;/h3-10,19H,1-2H3;. The van der Waals surface area contributed by atoms with Gasteiger partial charge >= 0.3 is 0 Å². The quantitative estimate of drug-likeness (QED) is 0.671. The number of hydrogen-bond donors (Lipinski definition) is 1. The number of aromatic hydroxyl groups is 1. The summed E-state index contributed by atoms with van der Waals surface area (Å²) in [5.41, 5.74) is 5.46. The van der Waals surface area contributed by atoms with Crippen molar-refractivity contribution in [2.45, 2.75) is 13.8 Å². The zero-order valence-electron chi connectivity index (χ0n) is 12.0. The summed E-state index contributed by atoms with van der Waals surface area (Å²) in [6.45, 7) is 4.22. The third kappa shape index (κ3) is 2.33. The molecule has 3 heteroatoms. The average molecular weight is 256 g/mol. The molecule has 0 saturated heterocycles. The van der Waals surface area contributed by atoms with E-state index in [0.29, 0.717) is 5.52 Å². The molecular formula is C17H15LiNO. The Kier molecular flexibility index (Phi) is 4.18. The summed E-state index contributed by atoms with van der Waals surface area (Å²) < 4.78 is 0. The van der Waals surface area contributed by atoms with E-state index in [1.807, 2.05) is 18.2 Å². The molecule has 0 aliphatic rings. The van der Waals surface area contributed by atoms with Crippen molar-refractivity contribution >= 4 is 29.8 Å². The van der Waals surface area contributed by atoms with Crippen LogP contribution in [0.2, 0.25) is 0 Å². The number of aromatic nitrogens is 1. The smallest absolute Gasteiger partial charge is 0.141 e. The summed E-state index contributed by atoms with van der Waals surface area (Å²) in [5, 5.41) is 10.9. The Morgan fingerprint density at radius 2 is 1.55 bits per heavy atom. The van der Waals surface area contributed by atoms with Crippen molar-refractivity contribution in [3.63, 3.8) is 0 Å². The number of aryl methyl sites for hydroxylation is 2. The van der Waals surface area contributed by atoms with Gasteiger partial charge in [0, 0.05) is 30.4 Å². The number of nitrogens with zero attached hydrogens (tertiary/aromatic N) is 1. The molecule has 2 aromatic carbocycles. The van der Waals surface area contributed by atoms with E-state index < -0.39 is 0 Å². The van der Waals surface area contributed by atoms with E-state index in [1.54, 1.807) is 12.3 Å². The Bertz CT molecular complexity index is 748. The first-order valence-corrected chi connectivity index (χ1v) is 6.32. The van der Waals surface area contributed by atoms with E-state index in [2.05, 4.69) is 37.0 Å². The molecule has 0 amide bonds. The van der Waals surface area contributed by atoms with Crippen LogP contribution in [0.1, 0.15) is 11.1 Å². The molecule has 0 fully saturated rings. The maximum atomic E-state index is 9.92. The van der Waals surface area contributed by atoms with Crippen LogP contribution in [-0.2, 0) is 0 Å². The van der Waals surface area contributed by atoms with E-state index in [9.17, 15) is 5.11 Å². The molecule has 0 spiro atoms. The SMILES string of the molecule is Cc1cccc(C)c1-c1ccnc2c(O)cccc12.[Li]. The Morgan fingerprint density at radius 3 is 2.25 bits per heavy atom. The van der Waals surface area contributed by atoms with Crippen LogP contribution in [0.5, 0.6) is 5.75 Å². The molecule has 20 heavy (non-hydrogen) atoms. The number of para-hydroxylation sites is 1. The largest absolute Gasteiger partial charge is 0.506 e. The minimum Gasteiger partial charge on any atom is -0.506 e. The van der Waals surface area contributed by atoms with Crippen molar-refractivity contribution in [3.05, 3.63) is 59.8 Å². The van der Waals surface area contributed by atoms with Gasteiger partial charge in [0.15, 0.2) is 0 Å². The van der Waals surface area contributed by atoms with Gasteiger partial charge in [0.2, 0.25) is 0 Å². The minimum absolute atomic E-state index is 0. The molecule has 0 atom stereocenters. The topological polar surface area (TPSA) is 33.1 Å². The molecule has 1 heterocycles. The second kappa shape index (κ2) is 5.71. The molecule has 1 aromatic heterocycles. The predicted molar refractivity (Wildman–Crippen MR) is 84.1 cm³/mol. The minimum atomic E-state index is 0. The van der Waals surface area contributed by atoms with Crippen LogP contribution in [0.15, 0.2) is 48.7 Å². The van der Waals surface area contributed by atoms with Crippen molar-refractivity contribution in [2.24, 2.45) is 0 Å². The van der Waals surface area contributed by atoms with Gasteiger partial charge in [-0.15, -0.1) is 0 Å². The van der Waals surface area contributed by atoms with Gasteiger partial charge in [-0.2, -0.15) is 0 Å². The van der Waals surface area contributed by atoms with Gasteiger partial charge in [-0.1, -0.05) is 30.3 Å². The van der Waals surface area contributed by atoms with Gasteiger partial charge < -0.3 is 5.11 Å². The van der Waals surface area contributed by atoms with E-state index in [-0.39, 0.29) is 24.6 Å². The number of benzene rings is 2. The number of fused-ring (bicyclic) bond motifs is 1. The molecule has 3 rings (SSSR count). The first-order valence-electron chi connectivity index (χ1n) is 6.32. The van der Waals surface area contributed by atoms with Crippen molar-refractivity contribution < 1.29 is 5.11 Å². The van der Waals surface area contributed by atoms with E-state index in [1.165, 1.54) is 16.7 Å². The van der Waals surface area contributed by atoms with Gasteiger partial charge in [0.25, 0.3) is 0 Å². The van der Waals surface area contributed by atoms with Crippen molar-refractivity contribution in [1.82, 2.24) is 4.98 Å².